The quantitative estimate of drug-likeness (QED) is 0.724. The van der Waals surface area contributed by atoms with Gasteiger partial charge in [-0.05, 0) is 55.5 Å². The summed E-state index contributed by atoms with van der Waals surface area (Å²) in [5, 5.41) is 3.05. The largest absolute Gasteiger partial charge is 0.497 e. The highest BCUT2D eigenvalue weighted by atomic mass is 32.2. The Morgan fingerprint density at radius 1 is 1.27 bits per heavy atom. The first-order chi connectivity index (χ1) is 12.7. The number of likely N-dealkylation sites (tertiary alicyclic amines) is 1. The van der Waals surface area contributed by atoms with Crippen molar-refractivity contribution in [3.8, 4) is 5.75 Å². The van der Waals surface area contributed by atoms with E-state index in [-0.39, 0.29) is 5.91 Å². The number of carbonyl (C=O) groups excluding carboxylic acids is 1. The third kappa shape index (κ3) is 4.59. The van der Waals surface area contributed by atoms with E-state index in [0.717, 1.165) is 35.8 Å². The summed E-state index contributed by atoms with van der Waals surface area (Å²) in [7, 11) is 1.70. The highest BCUT2D eigenvalue weighted by molar-refractivity contribution is 7.98. The van der Waals surface area contributed by atoms with E-state index < -0.39 is 0 Å². The monoisotopic (exact) mass is 370 g/mol. The summed E-state index contributed by atoms with van der Waals surface area (Å²) in [5.41, 5.74) is 2.17. The third-order valence-electron chi connectivity index (χ3n) is 4.85. The lowest BCUT2D eigenvalue weighted by Crippen LogP contribution is -2.27. The van der Waals surface area contributed by atoms with E-state index in [1.165, 1.54) is 12.0 Å². The maximum atomic E-state index is 12.4. The van der Waals surface area contributed by atoms with E-state index in [1.807, 2.05) is 42.7 Å². The van der Waals surface area contributed by atoms with Gasteiger partial charge in [0, 0.05) is 23.9 Å². The second kappa shape index (κ2) is 9.10. The summed E-state index contributed by atoms with van der Waals surface area (Å²) in [6, 6.07) is 16.6. The van der Waals surface area contributed by atoms with Crippen LogP contribution < -0.4 is 10.1 Å². The lowest BCUT2D eigenvalue weighted by Gasteiger charge is -2.25. The van der Waals surface area contributed by atoms with Crippen molar-refractivity contribution in [3.63, 3.8) is 0 Å². The lowest BCUT2D eigenvalue weighted by atomic mass is 10.0. The van der Waals surface area contributed by atoms with Gasteiger partial charge in [-0.25, -0.2) is 0 Å². The Kier molecular flexibility index (Phi) is 6.58. The van der Waals surface area contributed by atoms with Crippen molar-refractivity contribution >= 4 is 23.4 Å². The van der Waals surface area contributed by atoms with Gasteiger partial charge < -0.3 is 10.1 Å². The Morgan fingerprint density at radius 3 is 2.92 bits per heavy atom. The minimum atomic E-state index is 0.0720. The van der Waals surface area contributed by atoms with Crippen molar-refractivity contribution in [2.45, 2.75) is 30.2 Å². The lowest BCUT2D eigenvalue weighted by molar-refractivity contribution is -0.116. The Hall–Kier alpha value is -1.98. The van der Waals surface area contributed by atoms with Gasteiger partial charge in [0.1, 0.15) is 5.75 Å². The first-order valence-corrected chi connectivity index (χ1v) is 10.2. The number of thioether (sulfide) groups is 1. The predicted octanol–water partition coefficient (Wildman–Crippen LogP) is 4.58. The summed E-state index contributed by atoms with van der Waals surface area (Å²) in [6.07, 6.45) is 4.82. The molecular weight excluding hydrogens is 344 g/mol. The van der Waals surface area contributed by atoms with E-state index in [4.69, 9.17) is 4.74 Å². The standard InChI is InChI=1S/C21H26N2O2S/c1-25-17-8-5-7-16(15-17)19-10-6-13-23(19)14-12-21(24)22-18-9-3-4-11-20(18)26-2/h3-5,7-9,11,15,19H,6,10,12-14H2,1-2H3,(H,22,24). The molecule has 4 nitrogen and oxygen atoms in total. The molecule has 0 spiro atoms. The molecule has 1 amide bonds. The topological polar surface area (TPSA) is 41.6 Å². The molecule has 0 aliphatic carbocycles. The van der Waals surface area contributed by atoms with Gasteiger partial charge in [-0.1, -0.05) is 24.3 Å². The molecule has 0 saturated carbocycles. The number of hydrogen-bond acceptors (Lipinski definition) is 4. The second-order valence-electron chi connectivity index (χ2n) is 6.47. The number of nitrogens with zero attached hydrogens (tertiary/aromatic N) is 1. The Morgan fingerprint density at radius 2 is 2.12 bits per heavy atom. The summed E-state index contributed by atoms with van der Waals surface area (Å²) < 4.78 is 5.35. The van der Waals surface area contributed by atoms with E-state index in [9.17, 15) is 4.79 Å². The molecule has 5 heteroatoms. The normalized spacial score (nSPS) is 17.2. The van der Waals surface area contributed by atoms with Crippen molar-refractivity contribution < 1.29 is 9.53 Å². The van der Waals surface area contributed by atoms with Gasteiger partial charge in [-0.15, -0.1) is 11.8 Å². The van der Waals surface area contributed by atoms with Crippen LogP contribution in [0, 0.1) is 0 Å². The van der Waals surface area contributed by atoms with Gasteiger partial charge in [0.15, 0.2) is 0 Å². The van der Waals surface area contributed by atoms with Gasteiger partial charge in [0.25, 0.3) is 0 Å². The fraction of sp³-hybridized carbons (Fsp3) is 0.381. The number of nitrogens with one attached hydrogen (secondary N) is 1. The van der Waals surface area contributed by atoms with Crippen LogP contribution in [0.3, 0.4) is 0 Å². The Balaban J connectivity index is 1.58. The molecule has 26 heavy (non-hydrogen) atoms. The van der Waals surface area contributed by atoms with Gasteiger partial charge in [0.2, 0.25) is 5.91 Å². The molecule has 1 atom stereocenters. The molecular formula is C21H26N2O2S. The number of benzene rings is 2. The first kappa shape index (κ1) is 18.8. The van der Waals surface area contributed by atoms with Gasteiger partial charge in [-0.2, -0.15) is 0 Å². The first-order valence-electron chi connectivity index (χ1n) is 9.02. The van der Waals surface area contributed by atoms with E-state index >= 15 is 0 Å². The number of hydrogen-bond donors (Lipinski definition) is 1. The van der Waals surface area contributed by atoms with Crippen LogP contribution in [0.2, 0.25) is 0 Å². The zero-order valence-electron chi connectivity index (χ0n) is 15.4. The average Bonchev–Trinajstić information content (AvgIpc) is 3.15. The van der Waals surface area contributed by atoms with Gasteiger partial charge >= 0.3 is 0 Å². The second-order valence-corrected chi connectivity index (χ2v) is 7.32. The van der Waals surface area contributed by atoms with E-state index in [1.54, 1.807) is 18.9 Å². The number of amides is 1. The Labute approximate surface area is 159 Å². The maximum Gasteiger partial charge on any atom is 0.225 e. The van der Waals surface area contributed by atoms with Crippen LogP contribution in [0.1, 0.15) is 30.9 Å². The van der Waals surface area contributed by atoms with Crippen LogP contribution in [0.15, 0.2) is 53.4 Å². The highest BCUT2D eigenvalue weighted by Crippen LogP contribution is 2.33. The summed E-state index contributed by atoms with van der Waals surface area (Å²) in [4.78, 5) is 15.9. The summed E-state index contributed by atoms with van der Waals surface area (Å²) in [5.74, 6) is 0.962. The molecule has 1 aliphatic heterocycles. The fourth-order valence-corrected chi connectivity index (χ4v) is 4.08. The van der Waals surface area contributed by atoms with Crippen LogP contribution in [-0.4, -0.2) is 37.3 Å². The number of rotatable bonds is 7. The molecule has 1 unspecified atom stereocenters. The number of methoxy groups -OCH3 is 1. The highest BCUT2D eigenvalue weighted by Gasteiger charge is 2.26. The molecule has 1 heterocycles. The molecule has 1 N–H and O–H groups in total. The van der Waals surface area contributed by atoms with Crippen LogP contribution in [-0.2, 0) is 4.79 Å². The predicted molar refractivity (Wildman–Crippen MR) is 108 cm³/mol. The van der Waals surface area contributed by atoms with Crippen molar-refractivity contribution in [2.24, 2.45) is 0 Å². The molecule has 3 rings (SSSR count). The van der Waals surface area contributed by atoms with E-state index in [2.05, 4.69) is 22.3 Å². The molecule has 1 aliphatic rings. The zero-order valence-corrected chi connectivity index (χ0v) is 16.2. The molecule has 1 saturated heterocycles. The van der Waals surface area contributed by atoms with E-state index in [0.29, 0.717) is 12.5 Å². The Bertz CT molecular complexity index is 750. The zero-order chi connectivity index (χ0) is 18.4. The van der Waals surface area contributed by atoms with Crippen LogP contribution in [0.5, 0.6) is 5.75 Å². The molecule has 138 valence electrons. The van der Waals surface area contributed by atoms with Gasteiger partial charge in [0.05, 0.1) is 12.8 Å². The average molecular weight is 371 g/mol. The fourth-order valence-electron chi connectivity index (χ4n) is 3.53. The molecule has 0 aromatic heterocycles. The minimum Gasteiger partial charge on any atom is -0.497 e. The number of para-hydroxylation sites is 1. The van der Waals surface area contributed by atoms with Crippen molar-refractivity contribution in [3.05, 3.63) is 54.1 Å². The molecule has 0 radical (unpaired) electrons. The van der Waals surface area contributed by atoms with Crippen LogP contribution >= 0.6 is 11.8 Å². The van der Waals surface area contributed by atoms with Crippen LogP contribution in [0.25, 0.3) is 0 Å². The number of ether oxygens (including phenoxy) is 1. The molecule has 2 aromatic carbocycles. The van der Waals surface area contributed by atoms with Crippen molar-refractivity contribution in [1.82, 2.24) is 4.90 Å². The molecule has 0 bridgehead atoms. The smallest absolute Gasteiger partial charge is 0.225 e. The summed E-state index contributed by atoms with van der Waals surface area (Å²) in [6.45, 7) is 1.81. The van der Waals surface area contributed by atoms with Crippen molar-refractivity contribution in [1.29, 1.82) is 0 Å². The molecule has 2 aromatic rings. The summed E-state index contributed by atoms with van der Waals surface area (Å²) >= 11 is 1.64. The number of carbonyl (C=O) groups is 1. The SMILES string of the molecule is COc1cccc(C2CCCN2CCC(=O)Nc2ccccc2SC)c1. The minimum absolute atomic E-state index is 0.0720. The maximum absolute atomic E-state index is 12.4. The molecule has 1 fully saturated rings. The number of anilines is 1. The van der Waals surface area contributed by atoms with Crippen molar-refractivity contribution in [2.75, 3.05) is 31.8 Å². The third-order valence-corrected chi connectivity index (χ3v) is 5.65. The van der Waals surface area contributed by atoms with Crippen LogP contribution in [0.4, 0.5) is 5.69 Å². The van der Waals surface area contributed by atoms with Gasteiger partial charge in [-0.3, -0.25) is 9.69 Å².